The Kier molecular flexibility index (Phi) is 8.94. The zero-order valence-electron chi connectivity index (χ0n) is 22.8. The summed E-state index contributed by atoms with van der Waals surface area (Å²) in [5, 5.41) is 27.2. The molecular formula is C27H34Cl2N6O5. The molecule has 2 unspecified atom stereocenters. The quantitative estimate of drug-likeness (QED) is 0.226. The lowest BCUT2D eigenvalue weighted by molar-refractivity contribution is -0.136. The number of hydrogen-bond acceptors (Lipinski definition) is 6. The van der Waals surface area contributed by atoms with Crippen molar-refractivity contribution >= 4 is 52.0 Å². The minimum atomic E-state index is -1.41. The van der Waals surface area contributed by atoms with Gasteiger partial charge in [-0.2, -0.15) is 0 Å². The average molecular weight is 594 g/mol. The van der Waals surface area contributed by atoms with Crippen molar-refractivity contribution in [3.8, 4) is 0 Å². The standard InChI is InChI=1S/C27H34Cl2N6O5/c1-5-13(3)20(33-26(38)39)23(36)34-27(25(37)32-21(14(4)6-2)24-35-30-12-40-24)8-7-19-17(11-27)16-9-15(28)10-18(29)22(16)31-19/h9-10,12-14,20-21,31,33H,5-8,11H2,1-4H3,(H,32,37)(H,34,36)(H,38,39)/t13?,14?,20-,21-,27+/m0/s1. The Morgan fingerprint density at radius 1 is 1.15 bits per heavy atom. The third-order valence-electron chi connectivity index (χ3n) is 8.01. The van der Waals surface area contributed by atoms with Crippen LogP contribution in [0.1, 0.15) is 70.1 Å². The molecule has 1 aliphatic carbocycles. The Hall–Kier alpha value is -3.31. The number of halogens is 2. The minimum absolute atomic E-state index is 0.0523. The van der Waals surface area contributed by atoms with E-state index in [1.807, 2.05) is 20.8 Å². The van der Waals surface area contributed by atoms with E-state index in [9.17, 15) is 19.5 Å². The first-order valence-corrected chi connectivity index (χ1v) is 14.1. The van der Waals surface area contributed by atoms with Crippen molar-refractivity contribution < 1.29 is 23.9 Å². The van der Waals surface area contributed by atoms with Crippen molar-refractivity contribution in [1.29, 1.82) is 0 Å². The van der Waals surface area contributed by atoms with E-state index in [1.165, 1.54) is 6.39 Å². The largest absolute Gasteiger partial charge is 0.465 e. The topological polar surface area (TPSA) is 162 Å². The summed E-state index contributed by atoms with van der Waals surface area (Å²) in [6.45, 7) is 7.59. The molecule has 216 valence electrons. The maximum atomic E-state index is 14.3. The van der Waals surface area contributed by atoms with E-state index in [4.69, 9.17) is 27.6 Å². The van der Waals surface area contributed by atoms with Crippen molar-refractivity contribution in [1.82, 2.24) is 31.1 Å². The fraction of sp³-hybridized carbons (Fsp3) is 0.519. The van der Waals surface area contributed by atoms with Crippen molar-refractivity contribution in [2.45, 2.75) is 77.4 Å². The Labute approximate surface area is 241 Å². The summed E-state index contributed by atoms with van der Waals surface area (Å²) >= 11 is 12.8. The molecule has 1 aromatic carbocycles. The van der Waals surface area contributed by atoms with E-state index < -0.39 is 35.5 Å². The van der Waals surface area contributed by atoms with E-state index in [0.29, 0.717) is 28.4 Å². The van der Waals surface area contributed by atoms with Crippen LogP contribution >= 0.6 is 23.2 Å². The van der Waals surface area contributed by atoms with Crippen LogP contribution in [0.25, 0.3) is 10.9 Å². The molecule has 5 N–H and O–H groups in total. The van der Waals surface area contributed by atoms with E-state index in [2.05, 4.69) is 31.1 Å². The molecule has 0 saturated carbocycles. The lowest BCUT2D eigenvalue weighted by Crippen LogP contribution is -2.65. The van der Waals surface area contributed by atoms with Crippen LogP contribution < -0.4 is 16.0 Å². The van der Waals surface area contributed by atoms with Crippen molar-refractivity contribution in [2.24, 2.45) is 11.8 Å². The maximum Gasteiger partial charge on any atom is 0.405 e. The Morgan fingerprint density at radius 2 is 1.88 bits per heavy atom. The van der Waals surface area contributed by atoms with Gasteiger partial charge in [-0.05, 0) is 42.4 Å². The van der Waals surface area contributed by atoms with E-state index in [-0.39, 0.29) is 30.6 Å². The first-order chi connectivity index (χ1) is 19.0. The van der Waals surface area contributed by atoms with Gasteiger partial charge in [0.15, 0.2) is 0 Å². The second-order valence-corrected chi connectivity index (χ2v) is 11.4. The highest BCUT2D eigenvalue weighted by atomic mass is 35.5. The highest BCUT2D eigenvalue weighted by molar-refractivity contribution is 6.38. The van der Waals surface area contributed by atoms with Gasteiger partial charge in [-0.25, -0.2) is 4.79 Å². The molecule has 13 heteroatoms. The van der Waals surface area contributed by atoms with Crippen LogP contribution in [0.5, 0.6) is 0 Å². The SMILES string of the molecule is CCC(C)[C@H](NC(=O)O)C(=O)N[C@]1(C(=O)N[C@H](c2nnco2)C(C)CC)CCc2[nH]c3c(Cl)cc(Cl)cc3c2C1. The second kappa shape index (κ2) is 12.1. The number of benzene rings is 1. The summed E-state index contributed by atoms with van der Waals surface area (Å²) in [5.74, 6) is -1.12. The van der Waals surface area contributed by atoms with Crippen LogP contribution in [0.3, 0.4) is 0 Å². The number of H-pyrrole nitrogens is 1. The van der Waals surface area contributed by atoms with Gasteiger partial charge in [0.25, 0.3) is 0 Å². The summed E-state index contributed by atoms with van der Waals surface area (Å²) in [5.41, 5.74) is 0.998. The number of aryl methyl sites for hydroxylation is 1. The number of rotatable bonds is 10. The van der Waals surface area contributed by atoms with Crippen molar-refractivity contribution in [3.05, 3.63) is 45.7 Å². The Bertz CT molecular complexity index is 1390. The van der Waals surface area contributed by atoms with Gasteiger partial charge < -0.3 is 30.5 Å². The van der Waals surface area contributed by atoms with Crippen LogP contribution in [0.15, 0.2) is 22.9 Å². The molecule has 3 aromatic rings. The molecule has 1 aliphatic rings. The van der Waals surface area contributed by atoms with Gasteiger partial charge in [0.2, 0.25) is 24.1 Å². The van der Waals surface area contributed by atoms with Crippen LogP contribution in [0.2, 0.25) is 10.0 Å². The lowest BCUT2D eigenvalue weighted by atomic mass is 9.78. The molecule has 4 rings (SSSR count). The lowest BCUT2D eigenvalue weighted by Gasteiger charge is -2.39. The third-order valence-corrected chi connectivity index (χ3v) is 8.53. The molecular weight excluding hydrogens is 559 g/mol. The number of amides is 3. The van der Waals surface area contributed by atoms with Crippen LogP contribution in [-0.4, -0.2) is 49.8 Å². The predicted octanol–water partition coefficient (Wildman–Crippen LogP) is 4.79. The van der Waals surface area contributed by atoms with E-state index in [1.54, 1.807) is 19.1 Å². The third kappa shape index (κ3) is 5.90. The zero-order valence-corrected chi connectivity index (χ0v) is 24.3. The number of nitrogens with one attached hydrogen (secondary N) is 4. The van der Waals surface area contributed by atoms with Crippen molar-refractivity contribution in [2.75, 3.05) is 0 Å². The fourth-order valence-corrected chi connectivity index (χ4v) is 5.80. The van der Waals surface area contributed by atoms with Gasteiger partial charge in [-0.3, -0.25) is 9.59 Å². The fourth-order valence-electron chi connectivity index (χ4n) is 5.26. The smallest absolute Gasteiger partial charge is 0.405 e. The first kappa shape index (κ1) is 29.7. The zero-order chi connectivity index (χ0) is 29.2. The highest BCUT2D eigenvalue weighted by Gasteiger charge is 2.46. The molecule has 0 spiro atoms. The average Bonchev–Trinajstić information content (AvgIpc) is 3.57. The summed E-state index contributed by atoms with van der Waals surface area (Å²) in [4.78, 5) is 42.8. The summed E-state index contributed by atoms with van der Waals surface area (Å²) in [6, 6.07) is 1.78. The molecule has 11 nitrogen and oxygen atoms in total. The molecule has 2 heterocycles. The summed E-state index contributed by atoms with van der Waals surface area (Å²) in [7, 11) is 0. The minimum Gasteiger partial charge on any atom is -0.465 e. The molecule has 0 aliphatic heterocycles. The van der Waals surface area contributed by atoms with Gasteiger partial charge in [-0.1, -0.05) is 63.7 Å². The second-order valence-electron chi connectivity index (χ2n) is 10.6. The van der Waals surface area contributed by atoms with Gasteiger partial charge in [0.1, 0.15) is 17.6 Å². The monoisotopic (exact) mass is 592 g/mol. The van der Waals surface area contributed by atoms with Crippen LogP contribution in [0, 0.1) is 11.8 Å². The van der Waals surface area contributed by atoms with Gasteiger partial charge in [-0.15, -0.1) is 10.2 Å². The molecule has 2 aromatic heterocycles. The number of fused-ring (bicyclic) bond motifs is 3. The van der Waals surface area contributed by atoms with Crippen LogP contribution in [0.4, 0.5) is 4.79 Å². The molecule has 0 radical (unpaired) electrons. The molecule has 3 amide bonds. The summed E-state index contributed by atoms with van der Waals surface area (Å²) < 4.78 is 5.44. The maximum absolute atomic E-state index is 14.3. The van der Waals surface area contributed by atoms with E-state index >= 15 is 0 Å². The van der Waals surface area contributed by atoms with Crippen molar-refractivity contribution in [3.63, 3.8) is 0 Å². The van der Waals surface area contributed by atoms with Crippen LogP contribution in [-0.2, 0) is 22.4 Å². The van der Waals surface area contributed by atoms with Gasteiger partial charge in [0, 0.05) is 22.5 Å². The first-order valence-electron chi connectivity index (χ1n) is 13.4. The number of carbonyl (C=O) groups is 3. The van der Waals surface area contributed by atoms with E-state index in [0.717, 1.165) is 23.1 Å². The predicted molar refractivity (Wildman–Crippen MR) is 150 cm³/mol. The highest BCUT2D eigenvalue weighted by Crippen LogP contribution is 2.39. The Morgan fingerprint density at radius 3 is 2.50 bits per heavy atom. The number of hydrogen-bond donors (Lipinski definition) is 5. The molecule has 0 saturated heterocycles. The Balaban J connectivity index is 1.77. The van der Waals surface area contributed by atoms with Gasteiger partial charge >= 0.3 is 6.09 Å². The number of nitrogens with zero attached hydrogens (tertiary/aromatic N) is 2. The molecule has 40 heavy (non-hydrogen) atoms. The summed E-state index contributed by atoms with van der Waals surface area (Å²) in [6.07, 6.45) is 1.97. The molecule has 5 atom stereocenters. The number of carbonyl (C=O) groups excluding carboxylic acids is 2. The number of aromatic nitrogens is 3. The molecule has 0 fully saturated rings. The van der Waals surface area contributed by atoms with Gasteiger partial charge in [0.05, 0.1) is 10.5 Å². The number of carboxylic acid groups (broad SMARTS) is 1. The normalized spacial score (nSPS) is 19.8. The number of aromatic amines is 1. The molecule has 0 bridgehead atoms.